The van der Waals surface area contributed by atoms with Gasteiger partial charge in [0.05, 0.1) is 6.04 Å². The van der Waals surface area contributed by atoms with E-state index in [9.17, 15) is 18.4 Å². The Labute approximate surface area is 210 Å². The van der Waals surface area contributed by atoms with E-state index in [4.69, 9.17) is 4.74 Å². The summed E-state index contributed by atoms with van der Waals surface area (Å²) < 4.78 is 32.5. The van der Waals surface area contributed by atoms with Crippen molar-refractivity contribution in [3.05, 3.63) is 101 Å². The number of carbonyl (C=O) groups excluding carboxylic acids is 2. The van der Waals surface area contributed by atoms with E-state index in [1.54, 1.807) is 24.3 Å². The second kappa shape index (κ2) is 11.3. The molecule has 5 nitrogen and oxygen atoms in total. The number of benzene rings is 3. The van der Waals surface area contributed by atoms with Crippen LogP contribution in [0.5, 0.6) is 5.75 Å². The fraction of sp³-hybridized carbons (Fsp3) is 0.310. The minimum Gasteiger partial charge on any atom is -0.484 e. The molecule has 7 heteroatoms. The van der Waals surface area contributed by atoms with Crippen LogP contribution in [0, 0.1) is 17.6 Å². The summed E-state index contributed by atoms with van der Waals surface area (Å²) in [6.45, 7) is 4.68. The standard InChI is InChI=1S/C29H30F2N2O3/c1-19(2)15-28(35)33-14-13-21-7-12-25(16-26(21)29(33)22-5-10-24(31)11-6-22)36-18-27(34)32-17-20-3-8-23(30)9-4-20/h3-12,16,19,29H,13-15,17-18H2,1-2H3,(H,32,34)/t29-/m0/s1. The third kappa shape index (κ3) is 6.27. The molecule has 4 rings (SSSR count). The molecular weight excluding hydrogens is 462 g/mol. The van der Waals surface area contributed by atoms with Crippen molar-refractivity contribution in [2.45, 2.75) is 39.3 Å². The molecule has 0 aromatic heterocycles. The highest BCUT2D eigenvalue weighted by Gasteiger charge is 2.32. The van der Waals surface area contributed by atoms with E-state index in [1.807, 2.05) is 36.9 Å². The van der Waals surface area contributed by atoms with Crippen molar-refractivity contribution in [1.82, 2.24) is 10.2 Å². The molecule has 0 aliphatic carbocycles. The largest absolute Gasteiger partial charge is 0.484 e. The fourth-order valence-electron chi connectivity index (χ4n) is 4.43. The van der Waals surface area contributed by atoms with Crippen LogP contribution in [-0.2, 0) is 22.6 Å². The fourth-order valence-corrected chi connectivity index (χ4v) is 4.43. The molecule has 2 amide bonds. The van der Waals surface area contributed by atoms with Gasteiger partial charge in [-0.2, -0.15) is 0 Å². The summed E-state index contributed by atoms with van der Waals surface area (Å²) in [5.41, 5.74) is 3.61. The van der Waals surface area contributed by atoms with E-state index in [1.165, 1.54) is 24.3 Å². The van der Waals surface area contributed by atoms with Gasteiger partial charge in [-0.25, -0.2) is 8.78 Å². The zero-order valence-electron chi connectivity index (χ0n) is 20.5. The number of hydrogen-bond donors (Lipinski definition) is 1. The first-order valence-corrected chi connectivity index (χ1v) is 12.1. The Morgan fingerprint density at radius 2 is 1.67 bits per heavy atom. The summed E-state index contributed by atoms with van der Waals surface area (Å²) in [5, 5.41) is 2.76. The molecule has 1 aliphatic rings. The molecule has 188 valence electrons. The van der Waals surface area contributed by atoms with Gasteiger partial charge in [0.15, 0.2) is 6.61 Å². The van der Waals surface area contributed by atoms with Crippen LogP contribution in [0.1, 0.15) is 48.6 Å². The van der Waals surface area contributed by atoms with Crippen molar-refractivity contribution in [3.63, 3.8) is 0 Å². The first-order chi connectivity index (χ1) is 17.3. The lowest BCUT2D eigenvalue weighted by atomic mass is 9.87. The summed E-state index contributed by atoms with van der Waals surface area (Å²) >= 11 is 0. The summed E-state index contributed by atoms with van der Waals surface area (Å²) in [6.07, 6.45) is 1.13. The smallest absolute Gasteiger partial charge is 0.258 e. The minimum absolute atomic E-state index is 0.0523. The third-order valence-electron chi connectivity index (χ3n) is 6.21. The maximum atomic E-state index is 13.7. The highest BCUT2D eigenvalue weighted by molar-refractivity contribution is 5.78. The molecule has 1 aliphatic heterocycles. The van der Waals surface area contributed by atoms with Crippen LogP contribution < -0.4 is 10.1 Å². The summed E-state index contributed by atoms with van der Waals surface area (Å²) in [7, 11) is 0. The average Bonchev–Trinajstić information content (AvgIpc) is 2.86. The van der Waals surface area contributed by atoms with Crippen LogP contribution in [0.2, 0.25) is 0 Å². The monoisotopic (exact) mass is 492 g/mol. The van der Waals surface area contributed by atoms with Gasteiger partial charge < -0.3 is 15.0 Å². The van der Waals surface area contributed by atoms with Crippen LogP contribution in [-0.4, -0.2) is 29.9 Å². The molecule has 0 saturated heterocycles. The lowest BCUT2D eigenvalue weighted by Gasteiger charge is -2.38. The first kappa shape index (κ1) is 25.4. The molecule has 0 spiro atoms. The van der Waals surface area contributed by atoms with Crippen LogP contribution in [0.25, 0.3) is 0 Å². The normalized spacial score (nSPS) is 14.9. The van der Waals surface area contributed by atoms with Gasteiger partial charge in [0, 0.05) is 19.5 Å². The van der Waals surface area contributed by atoms with E-state index in [-0.39, 0.29) is 48.6 Å². The Hall–Kier alpha value is -3.74. The maximum absolute atomic E-state index is 13.7. The molecule has 1 N–H and O–H groups in total. The highest BCUT2D eigenvalue weighted by Crippen LogP contribution is 2.38. The molecule has 3 aromatic carbocycles. The maximum Gasteiger partial charge on any atom is 0.258 e. The van der Waals surface area contributed by atoms with E-state index in [2.05, 4.69) is 5.32 Å². The van der Waals surface area contributed by atoms with Crippen molar-refractivity contribution < 1.29 is 23.1 Å². The van der Waals surface area contributed by atoms with E-state index in [0.29, 0.717) is 25.1 Å². The van der Waals surface area contributed by atoms with Gasteiger partial charge >= 0.3 is 0 Å². The van der Waals surface area contributed by atoms with Gasteiger partial charge in [0.25, 0.3) is 5.91 Å². The SMILES string of the molecule is CC(C)CC(=O)N1CCc2ccc(OCC(=O)NCc3ccc(F)cc3)cc2[C@@H]1c1ccc(F)cc1. The predicted octanol–water partition coefficient (Wildman–Crippen LogP) is 5.18. The molecule has 3 aromatic rings. The van der Waals surface area contributed by atoms with Crippen molar-refractivity contribution in [1.29, 1.82) is 0 Å². The molecule has 0 unspecified atom stereocenters. The molecule has 0 bridgehead atoms. The van der Waals surface area contributed by atoms with Crippen LogP contribution in [0.15, 0.2) is 66.7 Å². The minimum atomic E-state index is -0.364. The molecule has 1 atom stereocenters. The topological polar surface area (TPSA) is 58.6 Å². The Morgan fingerprint density at radius 3 is 2.33 bits per heavy atom. The second-order valence-electron chi connectivity index (χ2n) is 9.44. The number of halogens is 2. The quantitative estimate of drug-likeness (QED) is 0.472. The Morgan fingerprint density at radius 1 is 1.00 bits per heavy atom. The van der Waals surface area contributed by atoms with Crippen molar-refractivity contribution in [2.75, 3.05) is 13.2 Å². The first-order valence-electron chi connectivity index (χ1n) is 12.1. The molecule has 0 fully saturated rings. The number of ether oxygens (including phenoxy) is 1. The van der Waals surface area contributed by atoms with Crippen molar-refractivity contribution in [3.8, 4) is 5.75 Å². The number of amides is 2. The van der Waals surface area contributed by atoms with Gasteiger partial charge in [0.2, 0.25) is 5.91 Å². The summed E-state index contributed by atoms with van der Waals surface area (Å²) in [4.78, 5) is 27.3. The lowest BCUT2D eigenvalue weighted by Crippen LogP contribution is -2.41. The highest BCUT2D eigenvalue weighted by atomic mass is 19.1. The molecule has 36 heavy (non-hydrogen) atoms. The summed E-state index contributed by atoms with van der Waals surface area (Å²) in [5.74, 6) is -0.188. The summed E-state index contributed by atoms with van der Waals surface area (Å²) in [6, 6.07) is 17.4. The van der Waals surface area contributed by atoms with E-state index >= 15 is 0 Å². The van der Waals surface area contributed by atoms with E-state index < -0.39 is 0 Å². The van der Waals surface area contributed by atoms with Gasteiger partial charge in [-0.05, 0) is 71.0 Å². The zero-order chi connectivity index (χ0) is 25.7. The molecule has 0 radical (unpaired) electrons. The van der Waals surface area contributed by atoms with Crippen LogP contribution in [0.4, 0.5) is 8.78 Å². The molecule has 1 heterocycles. The molecule has 0 saturated carbocycles. The van der Waals surface area contributed by atoms with Crippen molar-refractivity contribution >= 4 is 11.8 Å². The van der Waals surface area contributed by atoms with Crippen LogP contribution >= 0.6 is 0 Å². The Bertz CT molecular complexity index is 1210. The zero-order valence-corrected chi connectivity index (χ0v) is 20.5. The number of carbonyl (C=O) groups is 2. The average molecular weight is 493 g/mol. The predicted molar refractivity (Wildman–Crippen MR) is 133 cm³/mol. The number of nitrogens with zero attached hydrogens (tertiary/aromatic N) is 1. The number of fused-ring (bicyclic) bond motifs is 1. The lowest BCUT2D eigenvalue weighted by molar-refractivity contribution is -0.134. The van der Waals surface area contributed by atoms with Crippen molar-refractivity contribution in [2.24, 2.45) is 5.92 Å². The van der Waals surface area contributed by atoms with Gasteiger partial charge in [-0.15, -0.1) is 0 Å². The van der Waals surface area contributed by atoms with Gasteiger partial charge in [0.1, 0.15) is 17.4 Å². The van der Waals surface area contributed by atoms with Crippen LogP contribution in [0.3, 0.4) is 0 Å². The molecular formula is C29H30F2N2O3. The Balaban J connectivity index is 1.50. The Kier molecular flexibility index (Phi) is 7.98. The third-order valence-corrected chi connectivity index (χ3v) is 6.21. The van der Waals surface area contributed by atoms with Gasteiger partial charge in [-0.1, -0.05) is 44.2 Å². The number of nitrogens with one attached hydrogen (secondary N) is 1. The van der Waals surface area contributed by atoms with E-state index in [0.717, 1.165) is 22.3 Å². The number of hydrogen-bond acceptors (Lipinski definition) is 3. The second-order valence-corrected chi connectivity index (χ2v) is 9.44. The van der Waals surface area contributed by atoms with Gasteiger partial charge in [-0.3, -0.25) is 9.59 Å². The number of rotatable bonds is 8.